The van der Waals surface area contributed by atoms with Crippen molar-refractivity contribution < 1.29 is 9.59 Å². The van der Waals surface area contributed by atoms with Gasteiger partial charge in [0.2, 0.25) is 11.8 Å². The van der Waals surface area contributed by atoms with Gasteiger partial charge in [-0.1, -0.05) is 26.8 Å². The van der Waals surface area contributed by atoms with Crippen molar-refractivity contribution in [2.24, 2.45) is 11.7 Å². The van der Waals surface area contributed by atoms with Crippen molar-refractivity contribution in [1.29, 1.82) is 0 Å². The maximum Gasteiger partial charge on any atom is 0.241 e. The first kappa shape index (κ1) is 17.2. The van der Waals surface area contributed by atoms with Crippen LogP contribution in [0.15, 0.2) is 18.2 Å². The number of hydrogen-bond acceptors (Lipinski definition) is 3. The van der Waals surface area contributed by atoms with E-state index in [9.17, 15) is 9.59 Å². The Kier molecular flexibility index (Phi) is 6.37. The molecule has 0 saturated carbocycles. The topological polar surface area (TPSA) is 84.2 Å². The molecule has 5 nitrogen and oxygen atoms in total. The van der Waals surface area contributed by atoms with Gasteiger partial charge in [-0.2, -0.15) is 0 Å². The number of benzene rings is 1. The molecular weight excluding hydrogens is 266 g/mol. The standard InChI is InChI=1S/C16H25N3O2/c1-5-15(20)18-12-7-6-11(4)14(9-12)19-16(21)13(17)8-10(2)3/h6-7,9-10,13H,5,8,17H2,1-4H3,(H,18,20)(H,19,21). The average molecular weight is 291 g/mol. The maximum absolute atomic E-state index is 12.1. The lowest BCUT2D eigenvalue weighted by Crippen LogP contribution is -2.36. The monoisotopic (exact) mass is 291 g/mol. The Morgan fingerprint density at radius 2 is 1.90 bits per heavy atom. The second kappa shape index (κ2) is 7.78. The minimum Gasteiger partial charge on any atom is -0.326 e. The molecule has 1 atom stereocenters. The van der Waals surface area contributed by atoms with Crippen LogP contribution in [0.1, 0.15) is 39.2 Å². The normalized spacial score (nSPS) is 12.1. The molecule has 5 heteroatoms. The highest BCUT2D eigenvalue weighted by molar-refractivity contribution is 5.97. The Balaban J connectivity index is 2.80. The van der Waals surface area contributed by atoms with Gasteiger partial charge >= 0.3 is 0 Å². The molecule has 0 radical (unpaired) electrons. The van der Waals surface area contributed by atoms with Crippen LogP contribution in [0.3, 0.4) is 0 Å². The molecule has 21 heavy (non-hydrogen) atoms. The van der Waals surface area contributed by atoms with Gasteiger partial charge in [-0.25, -0.2) is 0 Å². The van der Waals surface area contributed by atoms with E-state index in [0.717, 1.165) is 5.56 Å². The van der Waals surface area contributed by atoms with Gasteiger partial charge < -0.3 is 16.4 Å². The number of carbonyl (C=O) groups is 2. The van der Waals surface area contributed by atoms with Crippen molar-refractivity contribution in [2.45, 2.75) is 46.6 Å². The van der Waals surface area contributed by atoms with Crippen molar-refractivity contribution in [3.05, 3.63) is 23.8 Å². The van der Waals surface area contributed by atoms with E-state index in [0.29, 0.717) is 30.1 Å². The van der Waals surface area contributed by atoms with E-state index in [-0.39, 0.29) is 11.8 Å². The molecule has 0 saturated heterocycles. The van der Waals surface area contributed by atoms with Gasteiger partial charge in [-0.05, 0) is 37.0 Å². The van der Waals surface area contributed by atoms with Crippen LogP contribution in [0.5, 0.6) is 0 Å². The largest absolute Gasteiger partial charge is 0.326 e. The molecule has 0 aromatic heterocycles. The molecule has 0 bridgehead atoms. The van der Waals surface area contributed by atoms with E-state index in [1.54, 1.807) is 13.0 Å². The number of nitrogens with one attached hydrogen (secondary N) is 2. The summed E-state index contributed by atoms with van der Waals surface area (Å²) in [5, 5.41) is 5.60. The lowest BCUT2D eigenvalue weighted by molar-refractivity contribution is -0.118. The zero-order valence-electron chi connectivity index (χ0n) is 13.2. The zero-order chi connectivity index (χ0) is 16.0. The highest BCUT2D eigenvalue weighted by atomic mass is 16.2. The van der Waals surface area contributed by atoms with Crippen LogP contribution < -0.4 is 16.4 Å². The van der Waals surface area contributed by atoms with E-state index >= 15 is 0 Å². The second-order valence-electron chi connectivity index (χ2n) is 5.66. The van der Waals surface area contributed by atoms with Crippen molar-refractivity contribution in [3.63, 3.8) is 0 Å². The van der Waals surface area contributed by atoms with Crippen LogP contribution in [0.4, 0.5) is 11.4 Å². The Labute approximate surface area is 126 Å². The summed E-state index contributed by atoms with van der Waals surface area (Å²) in [5.41, 5.74) is 8.14. The summed E-state index contributed by atoms with van der Waals surface area (Å²) in [6.07, 6.45) is 1.05. The molecular formula is C16H25N3O2. The van der Waals surface area contributed by atoms with Crippen molar-refractivity contribution in [3.8, 4) is 0 Å². The molecule has 4 N–H and O–H groups in total. The van der Waals surface area contributed by atoms with Crippen LogP contribution in [0, 0.1) is 12.8 Å². The van der Waals surface area contributed by atoms with Gasteiger partial charge in [-0.15, -0.1) is 0 Å². The molecule has 0 spiro atoms. The lowest BCUT2D eigenvalue weighted by Gasteiger charge is -2.16. The Morgan fingerprint density at radius 1 is 1.24 bits per heavy atom. The van der Waals surface area contributed by atoms with Crippen molar-refractivity contribution in [2.75, 3.05) is 10.6 Å². The number of nitrogens with two attached hydrogens (primary N) is 1. The minimum absolute atomic E-state index is 0.0624. The summed E-state index contributed by atoms with van der Waals surface area (Å²) in [6.45, 7) is 7.74. The van der Waals surface area contributed by atoms with Gasteiger partial charge in [0.05, 0.1) is 6.04 Å². The molecule has 0 aliphatic rings. The number of hydrogen-bond donors (Lipinski definition) is 3. The van der Waals surface area contributed by atoms with Gasteiger partial charge in [0.25, 0.3) is 0 Å². The van der Waals surface area contributed by atoms with Gasteiger partial charge in [0, 0.05) is 17.8 Å². The molecule has 0 fully saturated rings. The fraction of sp³-hybridized carbons (Fsp3) is 0.500. The minimum atomic E-state index is -0.529. The third kappa shape index (κ3) is 5.55. The first-order chi connectivity index (χ1) is 9.83. The first-order valence-electron chi connectivity index (χ1n) is 7.30. The smallest absolute Gasteiger partial charge is 0.241 e. The zero-order valence-corrected chi connectivity index (χ0v) is 13.2. The molecule has 1 aromatic carbocycles. The number of aryl methyl sites for hydroxylation is 1. The average Bonchev–Trinajstić information content (AvgIpc) is 2.41. The lowest BCUT2D eigenvalue weighted by atomic mass is 10.0. The van der Waals surface area contributed by atoms with Crippen LogP contribution in [0.2, 0.25) is 0 Å². The van der Waals surface area contributed by atoms with E-state index in [4.69, 9.17) is 5.73 Å². The fourth-order valence-corrected chi connectivity index (χ4v) is 1.92. The van der Waals surface area contributed by atoms with Gasteiger partial charge in [0.15, 0.2) is 0 Å². The van der Waals surface area contributed by atoms with Crippen LogP contribution in [0.25, 0.3) is 0 Å². The highest BCUT2D eigenvalue weighted by Gasteiger charge is 2.16. The Bertz CT molecular complexity index is 512. The number of anilines is 2. The summed E-state index contributed by atoms with van der Waals surface area (Å²) in [5.74, 6) is 0.0976. The Morgan fingerprint density at radius 3 is 2.48 bits per heavy atom. The van der Waals surface area contributed by atoms with Crippen LogP contribution in [-0.4, -0.2) is 17.9 Å². The van der Waals surface area contributed by atoms with E-state index < -0.39 is 6.04 Å². The quantitative estimate of drug-likeness (QED) is 0.753. The summed E-state index contributed by atoms with van der Waals surface area (Å²) in [6, 6.07) is 4.89. The van der Waals surface area contributed by atoms with Gasteiger partial charge in [0.1, 0.15) is 0 Å². The van der Waals surface area contributed by atoms with Crippen LogP contribution in [-0.2, 0) is 9.59 Å². The Hall–Kier alpha value is -1.88. The third-order valence-electron chi connectivity index (χ3n) is 3.16. The SMILES string of the molecule is CCC(=O)Nc1ccc(C)c(NC(=O)C(N)CC(C)C)c1. The first-order valence-corrected chi connectivity index (χ1v) is 7.30. The summed E-state index contributed by atoms with van der Waals surface area (Å²) < 4.78 is 0. The van der Waals surface area contributed by atoms with E-state index in [2.05, 4.69) is 10.6 Å². The molecule has 1 unspecified atom stereocenters. The molecule has 0 aliphatic carbocycles. The number of amides is 2. The van der Waals surface area contributed by atoms with E-state index in [1.807, 2.05) is 32.9 Å². The summed E-state index contributed by atoms with van der Waals surface area (Å²) in [7, 11) is 0. The van der Waals surface area contributed by atoms with Gasteiger partial charge in [-0.3, -0.25) is 9.59 Å². The van der Waals surface area contributed by atoms with E-state index in [1.165, 1.54) is 0 Å². The molecule has 1 rings (SSSR count). The van der Waals surface area contributed by atoms with Crippen LogP contribution >= 0.6 is 0 Å². The fourth-order valence-electron chi connectivity index (χ4n) is 1.92. The predicted molar refractivity (Wildman–Crippen MR) is 86.2 cm³/mol. The third-order valence-corrected chi connectivity index (χ3v) is 3.16. The number of rotatable bonds is 6. The molecule has 2 amide bonds. The molecule has 0 aliphatic heterocycles. The summed E-state index contributed by atoms with van der Waals surface area (Å²) in [4.78, 5) is 23.5. The highest BCUT2D eigenvalue weighted by Crippen LogP contribution is 2.21. The second-order valence-corrected chi connectivity index (χ2v) is 5.66. The van der Waals surface area contributed by atoms with Crippen molar-refractivity contribution in [1.82, 2.24) is 0 Å². The molecule has 116 valence electrons. The predicted octanol–water partition coefficient (Wildman–Crippen LogP) is 2.66. The number of carbonyl (C=O) groups excluding carboxylic acids is 2. The van der Waals surface area contributed by atoms with Crippen molar-refractivity contribution >= 4 is 23.2 Å². The summed E-state index contributed by atoms with van der Waals surface area (Å²) >= 11 is 0. The molecule has 1 aromatic rings. The molecule has 0 heterocycles. The maximum atomic E-state index is 12.1.